The molecule has 0 spiro atoms. The van der Waals surface area contributed by atoms with E-state index in [0.29, 0.717) is 6.42 Å². The van der Waals surface area contributed by atoms with Crippen molar-refractivity contribution >= 4 is 28.3 Å². The molecule has 0 aliphatic heterocycles. The van der Waals surface area contributed by atoms with Crippen LogP contribution >= 0.6 is 11.8 Å². The molecule has 0 aliphatic rings. The Balaban J connectivity index is 1.83. The second-order valence-electron chi connectivity index (χ2n) is 4.91. The lowest BCUT2D eigenvalue weighted by Crippen LogP contribution is -1.95. The molecule has 0 heterocycles. The molecule has 1 nitrogen and oxygen atoms in total. The van der Waals surface area contributed by atoms with Gasteiger partial charge in [-0.2, -0.15) is 0 Å². The van der Waals surface area contributed by atoms with Crippen LogP contribution in [0.5, 0.6) is 0 Å². The molecule has 0 bridgehead atoms. The van der Waals surface area contributed by atoms with E-state index in [-0.39, 0.29) is 5.78 Å². The zero-order chi connectivity index (χ0) is 14.7. The van der Waals surface area contributed by atoms with Gasteiger partial charge in [-0.25, -0.2) is 0 Å². The Kier molecular flexibility index (Phi) is 4.07. The van der Waals surface area contributed by atoms with E-state index >= 15 is 0 Å². The van der Waals surface area contributed by atoms with Gasteiger partial charge in [-0.1, -0.05) is 61.2 Å². The molecule has 21 heavy (non-hydrogen) atoms. The molecule has 0 unspecified atom stereocenters. The van der Waals surface area contributed by atoms with Crippen LogP contribution in [0.2, 0.25) is 0 Å². The fraction of sp³-hybridized carbons (Fsp3) is 0.105. The second-order valence-corrected chi connectivity index (χ2v) is 6.06. The van der Waals surface area contributed by atoms with Gasteiger partial charge in [0.25, 0.3) is 0 Å². The van der Waals surface area contributed by atoms with E-state index in [9.17, 15) is 4.79 Å². The van der Waals surface area contributed by atoms with E-state index in [1.807, 2.05) is 31.2 Å². The Hall–Kier alpha value is -2.06. The first-order chi connectivity index (χ1) is 10.3. The Morgan fingerprint density at radius 2 is 1.52 bits per heavy atom. The molecule has 2 heteroatoms. The van der Waals surface area contributed by atoms with E-state index in [0.717, 1.165) is 10.5 Å². The molecular formula is C19H16OS. The van der Waals surface area contributed by atoms with Crippen molar-refractivity contribution in [2.45, 2.75) is 23.1 Å². The maximum Gasteiger partial charge on any atom is 0.162 e. The number of benzene rings is 3. The predicted molar refractivity (Wildman–Crippen MR) is 89.1 cm³/mol. The van der Waals surface area contributed by atoms with Gasteiger partial charge in [0.2, 0.25) is 0 Å². The largest absolute Gasteiger partial charge is 0.294 e. The predicted octanol–water partition coefficient (Wildman–Crippen LogP) is 5.58. The number of hydrogen-bond donors (Lipinski definition) is 0. The molecular weight excluding hydrogens is 276 g/mol. The number of hydrogen-bond acceptors (Lipinski definition) is 2. The van der Waals surface area contributed by atoms with Crippen LogP contribution in [-0.2, 0) is 0 Å². The number of carbonyl (C=O) groups excluding carboxylic acids is 1. The summed E-state index contributed by atoms with van der Waals surface area (Å²) in [5.41, 5.74) is 0.792. The highest BCUT2D eigenvalue weighted by atomic mass is 32.2. The summed E-state index contributed by atoms with van der Waals surface area (Å²) in [5.74, 6) is 0.192. The van der Waals surface area contributed by atoms with Crippen LogP contribution in [0.25, 0.3) is 10.8 Å². The van der Waals surface area contributed by atoms with Gasteiger partial charge in [-0.05, 0) is 35.0 Å². The Labute approximate surface area is 129 Å². The molecule has 0 fully saturated rings. The number of Topliss-reactive ketones (excluding diaryl/α,β-unsaturated/α-hetero) is 1. The summed E-state index contributed by atoms with van der Waals surface area (Å²) in [6, 6.07) is 22.7. The quantitative estimate of drug-likeness (QED) is 0.584. The first-order valence-electron chi connectivity index (χ1n) is 7.06. The van der Waals surface area contributed by atoms with E-state index in [2.05, 4.69) is 42.5 Å². The third-order valence-electron chi connectivity index (χ3n) is 3.45. The van der Waals surface area contributed by atoms with Crippen LogP contribution in [0.3, 0.4) is 0 Å². The fourth-order valence-corrected chi connectivity index (χ4v) is 3.15. The molecule has 0 saturated carbocycles. The van der Waals surface area contributed by atoms with Crippen LogP contribution in [0, 0.1) is 0 Å². The van der Waals surface area contributed by atoms with Crippen LogP contribution in [-0.4, -0.2) is 5.78 Å². The number of carbonyl (C=O) groups is 1. The average molecular weight is 292 g/mol. The van der Waals surface area contributed by atoms with Crippen molar-refractivity contribution < 1.29 is 4.79 Å². The standard InChI is InChI=1S/C19H16OS/c1-2-19(20)15-8-10-17(11-9-15)21-18-12-7-14-5-3-4-6-16(14)13-18/h3-13H,2H2,1H3. The number of fused-ring (bicyclic) bond motifs is 1. The molecule has 0 aliphatic carbocycles. The molecule has 3 aromatic carbocycles. The molecule has 104 valence electrons. The van der Waals surface area contributed by atoms with E-state index in [4.69, 9.17) is 0 Å². The minimum atomic E-state index is 0.192. The minimum Gasteiger partial charge on any atom is -0.294 e. The Bertz CT molecular complexity index is 775. The molecule has 0 amide bonds. The van der Waals surface area contributed by atoms with E-state index in [1.165, 1.54) is 15.7 Å². The van der Waals surface area contributed by atoms with E-state index < -0.39 is 0 Å². The zero-order valence-electron chi connectivity index (χ0n) is 11.9. The second kappa shape index (κ2) is 6.15. The first-order valence-corrected chi connectivity index (χ1v) is 7.88. The van der Waals surface area contributed by atoms with Crippen molar-refractivity contribution in [3.63, 3.8) is 0 Å². The zero-order valence-corrected chi connectivity index (χ0v) is 12.7. The maximum atomic E-state index is 11.6. The summed E-state index contributed by atoms with van der Waals surface area (Å²) in [6.07, 6.45) is 0.553. The Morgan fingerprint density at radius 3 is 2.24 bits per heavy atom. The molecule has 0 aromatic heterocycles. The summed E-state index contributed by atoms with van der Waals surface area (Å²) in [5, 5.41) is 2.51. The van der Waals surface area contributed by atoms with Gasteiger partial charge in [0.1, 0.15) is 0 Å². The van der Waals surface area contributed by atoms with Crippen molar-refractivity contribution in [3.8, 4) is 0 Å². The topological polar surface area (TPSA) is 17.1 Å². The van der Waals surface area contributed by atoms with Crippen LogP contribution in [0.1, 0.15) is 23.7 Å². The summed E-state index contributed by atoms with van der Waals surface area (Å²) in [7, 11) is 0. The van der Waals surface area contributed by atoms with Crippen LogP contribution in [0.4, 0.5) is 0 Å². The van der Waals surface area contributed by atoms with Gasteiger partial charge < -0.3 is 0 Å². The summed E-state index contributed by atoms with van der Waals surface area (Å²) in [4.78, 5) is 14.0. The van der Waals surface area contributed by atoms with Gasteiger partial charge in [-0.15, -0.1) is 0 Å². The molecule has 0 radical (unpaired) electrons. The van der Waals surface area contributed by atoms with Gasteiger partial charge in [-0.3, -0.25) is 4.79 Å². The van der Waals surface area contributed by atoms with Gasteiger partial charge in [0.05, 0.1) is 0 Å². The van der Waals surface area contributed by atoms with Crippen LogP contribution in [0.15, 0.2) is 76.5 Å². The molecule has 0 saturated heterocycles. The summed E-state index contributed by atoms with van der Waals surface area (Å²) >= 11 is 1.72. The van der Waals surface area contributed by atoms with Gasteiger partial charge in [0.15, 0.2) is 5.78 Å². The van der Waals surface area contributed by atoms with Crippen molar-refractivity contribution in [2.75, 3.05) is 0 Å². The third kappa shape index (κ3) is 3.17. The van der Waals surface area contributed by atoms with Crippen molar-refractivity contribution in [3.05, 3.63) is 72.3 Å². The fourth-order valence-electron chi connectivity index (χ4n) is 2.28. The highest BCUT2D eigenvalue weighted by Crippen LogP contribution is 2.30. The normalized spacial score (nSPS) is 10.7. The van der Waals surface area contributed by atoms with Gasteiger partial charge in [0, 0.05) is 21.8 Å². The third-order valence-corrected chi connectivity index (χ3v) is 4.45. The SMILES string of the molecule is CCC(=O)c1ccc(Sc2ccc3ccccc3c2)cc1. The van der Waals surface area contributed by atoms with Crippen molar-refractivity contribution in [2.24, 2.45) is 0 Å². The number of ketones is 1. The molecule has 0 N–H and O–H groups in total. The first kappa shape index (κ1) is 13.9. The van der Waals surface area contributed by atoms with Crippen molar-refractivity contribution in [1.82, 2.24) is 0 Å². The van der Waals surface area contributed by atoms with Crippen molar-refractivity contribution in [1.29, 1.82) is 0 Å². The summed E-state index contributed by atoms with van der Waals surface area (Å²) in [6.45, 7) is 1.89. The van der Waals surface area contributed by atoms with Gasteiger partial charge >= 0.3 is 0 Å². The summed E-state index contributed by atoms with van der Waals surface area (Å²) < 4.78 is 0. The highest BCUT2D eigenvalue weighted by Gasteiger charge is 2.04. The molecule has 3 aromatic rings. The minimum absolute atomic E-state index is 0.192. The highest BCUT2D eigenvalue weighted by molar-refractivity contribution is 7.99. The Morgan fingerprint density at radius 1 is 0.857 bits per heavy atom. The number of rotatable bonds is 4. The molecule has 3 rings (SSSR count). The monoisotopic (exact) mass is 292 g/mol. The maximum absolute atomic E-state index is 11.6. The molecule has 0 atom stereocenters. The smallest absolute Gasteiger partial charge is 0.162 e. The lowest BCUT2D eigenvalue weighted by molar-refractivity contribution is 0.0988. The lowest BCUT2D eigenvalue weighted by Gasteiger charge is -2.05. The van der Waals surface area contributed by atoms with E-state index in [1.54, 1.807) is 11.8 Å². The lowest BCUT2D eigenvalue weighted by atomic mass is 10.1. The van der Waals surface area contributed by atoms with Crippen LogP contribution < -0.4 is 0 Å². The average Bonchev–Trinajstić information content (AvgIpc) is 2.55.